The molecule has 10 heteroatoms. The van der Waals surface area contributed by atoms with Crippen molar-refractivity contribution in [2.24, 2.45) is 16.2 Å². The van der Waals surface area contributed by atoms with Crippen molar-refractivity contribution in [3.8, 4) is 0 Å². The second-order valence-electron chi connectivity index (χ2n) is 7.90. The second-order valence-corrected chi connectivity index (χ2v) is 7.90. The summed E-state index contributed by atoms with van der Waals surface area (Å²) in [5.41, 5.74) is -3.75. The van der Waals surface area contributed by atoms with Gasteiger partial charge in [-0.05, 0) is 59.3 Å². The Morgan fingerprint density at radius 3 is 0.559 bits per heavy atom. The topological polar surface area (TPSA) is 172 Å². The number of rotatable bonds is 12. The summed E-state index contributed by atoms with van der Waals surface area (Å²) in [5, 5.41) is 31.8. The van der Waals surface area contributed by atoms with Crippen LogP contribution in [0.5, 0.6) is 0 Å². The number of carboxylic acid groups (broad SMARTS) is 3. The molecule has 0 saturated carbocycles. The van der Waals surface area contributed by atoms with E-state index in [0.717, 1.165) is 0 Å². The van der Waals surface area contributed by atoms with Gasteiger partial charge in [0.15, 0.2) is 0 Å². The number of carbonyl (C=O) groups excluding carboxylic acids is 6. The molecule has 0 bridgehead atoms. The van der Waals surface area contributed by atoms with E-state index in [2.05, 4.69) is 0 Å². The normalized spacial score (nSPS) is 10.9. The fraction of sp³-hybridized carbons (Fsp3) is 0.750. The summed E-state index contributed by atoms with van der Waals surface area (Å²) in [5.74, 6) is -4.72. The Labute approximate surface area is 213 Å². The van der Waals surface area contributed by atoms with Crippen molar-refractivity contribution in [2.75, 3.05) is 0 Å². The van der Waals surface area contributed by atoms with Crippen molar-refractivity contribution in [3.63, 3.8) is 0 Å². The van der Waals surface area contributed by atoms with Gasteiger partial charge in [-0.1, -0.05) is 41.5 Å². The Kier molecular flexibility index (Phi) is 20.0. The van der Waals surface area contributed by atoms with Gasteiger partial charge in [0.2, 0.25) is 0 Å². The number of carbonyl (C=O) groups is 6. The van der Waals surface area contributed by atoms with Crippen molar-refractivity contribution in [1.82, 2.24) is 0 Å². The van der Waals surface area contributed by atoms with Crippen LogP contribution in [0.2, 0.25) is 0 Å². The van der Waals surface area contributed by atoms with E-state index in [9.17, 15) is 44.1 Å². The van der Waals surface area contributed by atoms with Crippen molar-refractivity contribution in [3.05, 3.63) is 0 Å². The van der Waals surface area contributed by atoms with Crippen LogP contribution < -0.4 is 15.3 Å². The largest absolute Gasteiger partial charge is 3.00 e. The first-order chi connectivity index (χ1) is 15.0. The van der Waals surface area contributed by atoms with Crippen LogP contribution in [0.4, 0.5) is 0 Å². The maximum Gasteiger partial charge on any atom is 3.00 e. The molecular formula is C24H39AlO9. The maximum absolute atomic E-state index is 10.9. The minimum Gasteiger partial charge on any atom is -0.549 e. The third-order valence-corrected chi connectivity index (χ3v) is 6.82. The standard InChI is InChI=1S/3C8H14O3.Al/c3*1-4-8(5-2,6(3)9)7(10)11;/h3*4-5H2,1-3H3,(H,10,11);/q;;;+3/p-3. The van der Waals surface area contributed by atoms with Gasteiger partial charge in [-0.15, -0.1) is 0 Å². The molecule has 0 aromatic carbocycles. The Morgan fingerprint density at radius 1 is 0.441 bits per heavy atom. The average Bonchev–Trinajstić information content (AvgIpc) is 2.71. The quantitative estimate of drug-likeness (QED) is 0.265. The van der Waals surface area contributed by atoms with Gasteiger partial charge in [0.1, 0.15) is 17.3 Å². The van der Waals surface area contributed by atoms with Gasteiger partial charge in [0, 0.05) is 0 Å². The zero-order valence-corrected chi connectivity index (χ0v) is 23.1. The first kappa shape index (κ1) is 39.2. The van der Waals surface area contributed by atoms with Crippen LogP contribution >= 0.6 is 0 Å². The van der Waals surface area contributed by atoms with E-state index in [1.165, 1.54) is 20.8 Å². The smallest absolute Gasteiger partial charge is 0.549 e. The van der Waals surface area contributed by atoms with Gasteiger partial charge >= 0.3 is 17.4 Å². The van der Waals surface area contributed by atoms with Crippen LogP contribution in [0, 0.1) is 16.2 Å². The van der Waals surface area contributed by atoms with E-state index in [-0.39, 0.29) is 34.7 Å². The summed E-state index contributed by atoms with van der Waals surface area (Å²) in [7, 11) is 0. The molecule has 0 aliphatic carbocycles. The molecule has 0 aliphatic rings. The fourth-order valence-electron chi connectivity index (χ4n) is 3.54. The average molecular weight is 499 g/mol. The van der Waals surface area contributed by atoms with Crippen LogP contribution in [0.25, 0.3) is 0 Å². The first-order valence-corrected chi connectivity index (χ1v) is 11.2. The molecule has 0 radical (unpaired) electrons. The van der Waals surface area contributed by atoms with E-state index in [1.54, 1.807) is 41.5 Å². The number of Topliss-reactive ketones (excluding diaryl/α,β-unsaturated/α-hetero) is 3. The van der Waals surface area contributed by atoms with Crippen molar-refractivity contribution >= 4 is 52.6 Å². The van der Waals surface area contributed by atoms with Gasteiger partial charge in [0.05, 0.1) is 34.2 Å². The summed E-state index contributed by atoms with van der Waals surface area (Å²) in [6.07, 6.45) is 1.84. The summed E-state index contributed by atoms with van der Waals surface area (Å²) in [6, 6.07) is 0. The van der Waals surface area contributed by atoms with Crippen molar-refractivity contribution in [1.29, 1.82) is 0 Å². The summed E-state index contributed by atoms with van der Waals surface area (Å²) >= 11 is 0. The van der Waals surface area contributed by atoms with Gasteiger partial charge in [-0.3, -0.25) is 14.4 Å². The van der Waals surface area contributed by atoms with Gasteiger partial charge in [0.25, 0.3) is 0 Å². The molecule has 0 aliphatic heterocycles. The zero-order chi connectivity index (χ0) is 27.2. The van der Waals surface area contributed by atoms with Crippen LogP contribution in [-0.4, -0.2) is 52.6 Å². The molecule has 34 heavy (non-hydrogen) atoms. The van der Waals surface area contributed by atoms with Crippen LogP contribution in [0.1, 0.15) is 101 Å². The summed E-state index contributed by atoms with van der Waals surface area (Å²) < 4.78 is 0. The number of hydrogen-bond donors (Lipinski definition) is 0. The molecule has 0 spiro atoms. The molecule has 0 unspecified atom stereocenters. The molecule has 0 N–H and O–H groups in total. The predicted molar refractivity (Wildman–Crippen MR) is 122 cm³/mol. The molecule has 0 heterocycles. The minimum absolute atomic E-state index is 0. The molecule has 0 aromatic heterocycles. The van der Waals surface area contributed by atoms with E-state index < -0.39 is 34.2 Å². The Hall–Kier alpha value is -2.05. The van der Waals surface area contributed by atoms with E-state index in [4.69, 9.17) is 0 Å². The Morgan fingerprint density at radius 2 is 0.559 bits per heavy atom. The molecule has 0 atom stereocenters. The first-order valence-electron chi connectivity index (χ1n) is 11.2. The van der Waals surface area contributed by atoms with E-state index >= 15 is 0 Å². The Balaban J connectivity index is -0.000000196. The van der Waals surface area contributed by atoms with Gasteiger partial charge in [-0.25, -0.2) is 0 Å². The molecule has 0 aromatic rings. The van der Waals surface area contributed by atoms with Crippen LogP contribution in [0.3, 0.4) is 0 Å². The summed E-state index contributed by atoms with van der Waals surface area (Å²) in [6.45, 7) is 14.0. The maximum atomic E-state index is 10.9. The Bertz CT molecular complexity index is 558. The van der Waals surface area contributed by atoms with Gasteiger partial charge in [-0.2, -0.15) is 0 Å². The molecule has 0 amide bonds. The summed E-state index contributed by atoms with van der Waals surface area (Å²) in [4.78, 5) is 64.6. The third-order valence-electron chi connectivity index (χ3n) is 6.82. The third kappa shape index (κ3) is 9.30. The molecule has 9 nitrogen and oxygen atoms in total. The predicted octanol–water partition coefficient (Wildman–Crippen LogP) is 0.0143. The molecule has 0 fully saturated rings. The van der Waals surface area contributed by atoms with Crippen LogP contribution in [-0.2, 0) is 28.8 Å². The zero-order valence-electron chi connectivity index (χ0n) is 22.0. The number of carboxylic acids is 3. The van der Waals surface area contributed by atoms with E-state index in [0.29, 0.717) is 38.5 Å². The molecule has 0 saturated heterocycles. The van der Waals surface area contributed by atoms with E-state index in [1.807, 2.05) is 0 Å². The molecule has 0 rings (SSSR count). The second kappa shape index (κ2) is 17.4. The fourth-order valence-corrected chi connectivity index (χ4v) is 3.54. The minimum atomic E-state index is -1.25. The van der Waals surface area contributed by atoms with Crippen molar-refractivity contribution < 1.29 is 44.1 Å². The SMILES string of the molecule is CCC(CC)(C(C)=O)C(=O)[O-].CCC(CC)(C(C)=O)C(=O)[O-].CCC(CC)(C(C)=O)C(=O)[O-].[Al+3]. The number of hydrogen-bond acceptors (Lipinski definition) is 9. The van der Waals surface area contributed by atoms with Crippen molar-refractivity contribution in [2.45, 2.75) is 101 Å². The molecule has 192 valence electrons. The van der Waals surface area contributed by atoms with Crippen LogP contribution in [0.15, 0.2) is 0 Å². The number of aliphatic carboxylic acids is 3. The monoisotopic (exact) mass is 498 g/mol. The van der Waals surface area contributed by atoms with Gasteiger partial charge < -0.3 is 29.7 Å². The number of ketones is 3. The molecular weight excluding hydrogens is 459 g/mol.